The second-order valence-corrected chi connectivity index (χ2v) is 8.08. The van der Waals surface area contributed by atoms with Crippen LogP contribution >= 0.6 is 0 Å². The van der Waals surface area contributed by atoms with Crippen molar-refractivity contribution in [2.75, 3.05) is 16.8 Å². The average Bonchev–Trinajstić information content (AvgIpc) is 2.94. The largest absolute Gasteiger partial charge is 0.348 e. The van der Waals surface area contributed by atoms with E-state index in [0.29, 0.717) is 6.42 Å². The highest BCUT2D eigenvalue weighted by Gasteiger charge is 2.29. The number of nitrogens with one attached hydrogen (secondary N) is 2. The Balaban J connectivity index is 1.74. The molecule has 1 fully saturated rings. The summed E-state index contributed by atoms with van der Waals surface area (Å²) in [4.78, 5) is 16.1. The Morgan fingerprint density at radius 1 is 1.15 bits per heavy atom. The summed E-state index contributed by atoms with van der Waals surface area (Å²) in [5.41, 5.74) is -0.175. The Labute approximate surface area is 147 Å². The summed E-state index contributed by atoms with van der Waals surface area (Å²) in [5.74, 6) is -4.90. The zero-order valence-electron chi connectivity index (χ0n) is 13.3. The van der Waals surface area contributed by atoms with Crippen LogP contribution in [0.25, 0.3) is 0 Å². The number of anilines is 2. The number of carbonyl (C=O) groups is 1. The fourth-order valence-corrected chi connectivity index (χ4v) is 4.25. The van der Waals surface area contributed by atoms with Crippen LogP contribution in [-0.4, -0.2) is 36.9 Å². The molecule has 1 aliphatic heterocycles. The van der Waals surface area contributed by atoms with Crippen LogP contribution < -0.4 is 10.6 Å². The van der Waals surface area contributed by atoms with Gasteiger partial charge < -0.3 is 10.6 Å². The number of hydrogen-bond acceptors (Lipinski definition) is 5. The Bertz CT molecular complexity index is 966. The average molecular weight is 385 g/mol. The fourth-order valence-electron chi connectivity index (χ4n) is 2.58. The Morgan fingerprint density at radius 3 is 2.62 bits per heavy atom. The molecule has 2 N–H and O–H groups in total. The van der Waals surface area contributed by atoms with Gasteiger partial charge in [0.15, 0.2) is 27.3 Å². The molecule has 26 heavy (non-hydrogen) atoms. The molecule has 0 saturated carbocycles. The summed E-state index contributed by atoms with van der Waals surface area (Å²) in [6, 6.07) is 3.98. The van der Waals surface area contributed by atoms with Crippen molar-refractivity contribution < 1.29 is 26.4 Å². The molecule has 1 aromatic carbocycles. The minimum atomic E-state index is -3.13. The molecule has 1 aliphatic rings. The SMILES string of the molecule is O=C(NC1CCS(=O)(=O)C1)c1ccnc(Nc2ccc(F)c(F)c2F)c1. The summed E-state index contributed by atoms with van der Waals surface area (Å²) in [6.45, 7) is 0. The second kappa shape index (κ2) is 6.94. The van der Waals surface area contributed by atoms with Gasteiger partial charge in [0.2, 0.25) is 0 Å². The number of pyridine rings is 1. The molecule has 138 valence electrons. The number of benzene rings is 1. The maximum absolute atomic E-state index is 13.7. The number of rotatable bonds is 4. The van der Waals surface area contributed by atoms with E-state index < -0.39 is 39.2 Å². The molecule has 2 aromatic rings. The molecule has 1 unspecified atom stereocenters. The molecule has 10 heteroatoms. The van der Waals surface area contributed by atoms with Gasteiger partial charge in [-0.05, 0) is 30.7 Å². The number of carbonyl (C=O) groups excluding carboxylic acids is 1. The van der Waals surface area contributed by atoms with Crippen molar-refractivity contribution in [1.29, 1.82) is 0 Å². The van der Waals surface area contributed by atoms with Gasteiger partial charge in [-0.25, -0.2) is 26.6 Å². The van der Waals surface area contributed by atoms with E-state index in [1.54, 1.807) is 0 Å². The normalized spacial score (nSPS) is 18.5. The lowest BCUT2D eigenvalue weighted by Gasteiger charge is -2.12. The third-order valence-corrected chi connectivity index (χ3v) is 5.66. The summed E-state index contributed by atoms with van der Waals surface area (Å²) in [5, 5.41) is 5.09. The van der Waals surface area contributed by atoms with Gasteiger partial charge in [-0.2, -0.15) is 0 Å². The van der Waals surface area contributed by atoms with Gasteiger partial charge in [0.1, 0.15) is 5.82 Å². The molecular formula is C16H14F3N3O3S. The van der Waals surface area contributed by atoms with Crippen molar-refractivity contribution in [2.24, 2.45) is 0 Å². The Morgan fingerprint density at radius 2 is 1.92 bits per heavy atom. The van der Waals surface area contributed by atoms with Gasteiger partial charge in [0, 0.05) is 17.8 Å². The zero-order chi connectivity index (χ0) is 18.9. The molecule has 1 atom stereocenters. The van der Waals surface area contributed by atoms with E-state index in [2.05, 4.69) is 15.6 Å². The molecule has 6 nitrogen and oxygen atoms in total. The molecule has 1 aromatic heterocycles. The number of halogens is 3. The predicted octanol–water partition coefficient (Wildman–Crippen LogP) is 2.16. The molecule has 1 amide bonds. The summed E-state index contributed by atoms with van der Waals surface area (Å²) in [7, 11) is -3.13. The molecule has 0 radical (unpaired) electrons. The molecule has 0 spiro atoms. The van der Waals surface area contributed by atoms with E-state index in [0.717, 1.165) is 12.1 Å². The van der Waals surface area contributed by atoms with Gasteiger partial charge >= 0.3 is 0 Å². The monoisotopic (exact) mass is 385 g/mol. The van der Waals surface area contributed by atoms with Crippen LogP contribution in [0, 0.1) is 17.5 Å². The highest BCUT2D eigenvalue weighted by molar-refractivity contribution is 7.91. The molecule has 0 aliphatic carbocycles. The summed E-state index contributed by atoms with van der Waals surface area (Å²) >= 11 is 0. The van der Waals surface area contributed by atoms with E-state index in [9.17, 15) is 26.4 Å². The number of nitrogens with zero attached hydrogens (tertiary/aromatic N) is 1. The lowest BCUT2D eigenvalue weighted by atomic mass is 10.2. The number of amides is 1. The van der Waals surface area contributed by atoms with E-state index in [-0.39, 0.29) is 28.6 Å². The van der Waals surface area contributed by atoms with Crippen molar-refractivity contribution in [3.63, 3.8) is 0 Å². The third-order valence-electron chi connectivity index (χ3n) is 3.89. The minimum Gasteiger partial charge on any atom is -0.348 e. The van der Waals surface area contributed by atoms with Crippen LogP contribution in [0.1, 0.15) is 16.8 Å². The van der Waals surface area contributed by atoms with Gasteiger partial charge in [0.25, 0.3) is 5.91 Å². The topological polar surface area (TPSA) is 88.2 Å². The minimum absolute atomic E-state index is 0.0243. The highest BCUT2D eigenvalue weighted by atomic mass is 32.2. The van der Waals surface area contributed by atoms with Crippen LogP contribution in [0.5, 0.6) is 0 Å². The van der Waals surface area contributed by atoms with Crippen molar-refractivity contribution in [3.05, 3.63) is 53.5 Å². The van der Waals surface area contributed by atoms with Gasteiger partial charge in [-0.1, -0.05) is 0 Å². The highest BCUT2D eigenvalue weighted by Crippen LogP contribution is 2.23. The zero-order valence-corrected chi connectivity index (χ0v) is 14.1. The van der Waals surface area contributed by atoms with Gasteiger partial charge in [-0.15, -0.1) is 0 Å². The maximum Gasteiger partial charge on any atom is 0.251 e. The van der Waals surface area contributed by atoms with Crippen molar-refractivity contribution in [3.8, 4) is 0 Å². The van der Waals surface area contributed by atoms with E-state index in [4.69, 9.17) is 0 Å². The number of aromatic nitrogens is 1. The molecule has 0 bridgehead atoms. The smallest absolute Gasteiger partial charge is 0.251 e. The third kappa shape index (κ3) is 3.96. The summed E-state index contributed by atoms with van der Waals surface area (Å²) in [6.07, 6.45) is 1.62. The van der Waals surface area contributed by atoms with Gasteiger partial charge in [0.05, 0.1) is 17.2 Å². The standard InChI is InChI=1S/C16H14F3N3O3S/c17-11-1-2-12(15(19)14(11)18)22-13-7-9(3-5-20-13)16(23)21-10-4-6-26(24,25)8-10/h1-3,5,7,10H,4,6,8H2,(H,20,22)(H,21,23). The van der Waals surface area contributed by atoms with Crippen molar-refractivity contribution in [2.45, 2.75) is 12.5 Å². The summed E-state index contributed by atoms with van der Waals surface area (Å²) < 4.78 is 62.8. The molecule has 2 heterocycles. The lowest BCUT2D eigenvalue weighted by molar-refractivity contribution is 0.0941. The van der Waals surface area contributed by atoms with Crippen LogP contribution in [0.4, 0.5) is 24.7 Å². The first kappa shape index (κ1) is 18.2. The lowest BCUT2D eigenvalue weighted by Crippen LogP contribution is -2.35. The second-order valence-electron chi connectivity index (χ2n) is 5.85. The fraction of sp³-hybridized carbons (Fsp3) is 0.250. The first-order chi connectivity index (χ1) is 12.2. The van der Waals surface area contributed by atoms with Crippen molar-refractivity contribution >= 4 is 27.2 Å². The van der Waals surface area contributed by atoms with Crippen LogP contribution in [0.15, 0.2) is 30.5 Å². The quantitative estimate of drug-likeness (QED) is 0.788. The van der Waals surface area contributed by atoms with Gasteiger partial charge in [-0.3, -0.25) is 4.79 Å². The number of sulfone groups is 1. The molecule has 1 saturated heterocycles. The Kier molecular flexibility index (Phi) is 4.86. The first-order valence-corrected chi connectivity index (χ1v) is 9.45. The van der Waals surface area contributed by atoms with Crippen LogP contribution in [0.3, 0.4) is 0 Å². The Hall–Kier alpha value is -2.62. The number of hydrogen-bond donors (Lipinski definition) is 2. The van der Waals surface area contributed by atoms with E-state index in [1.165, 1.54) is 18.3 Å². The molecular weight excluding hydrogens is 371 g/mol. The molecule has 3 rings (SSSR count). The maximum atomic E-state index is 13.7. The van der Waals surface area contributed by atoms with Crippen LogP contribution in [0.2, 0.25) is 0 Å². The van der Waals surface area contributed by atoms with Crippen molar-refractivity contribution in [1.82, 2.24) is 10.3 Å². The predicted molar refractivity (Wildman–Crippen MR) is 88.4 cm³/mol. The van der Waals surface area contributed by atoms with Crippen LogP contribution in [-0.2, 0) is 9.84 Å². The van der Waals surface area contributed by atoms with E-state index in [1.807, 2.05) is 0 Å². The van der Waals surface area contributed by atoms with E-state index >= 15 is 0 Å². The first-order valence-electron chi connectivity index (χ1n) is 7.63.